The van der Waals surface area contributed by atoms with Crippen LogP contribution in [0.4, 0.5) is 16.3 Å². The molecular formula is C28H35Cl2N5O2. The summed E-state index contributed by atoms with van der Waals surface area (Å²) in [6.07, 6.45) is 0.741. The number of carbonyl (C=O) groups excluding carboxylic acids is 2. The van der Waals surface area contributed by atoms with Crippen molar-refractivity contribution < 1.29 is 9.59 Å². The average molecular weight is 545 g/mol. The normalized spacial score (nSPS) is 11.5. The smallest absolute Gasteiger partial charge is 0.315 e. The van der Waals surface area contributed by atoms with Crippen LogP contribution in [0.15, 0.2) is 48.5 Å². The lowest BCUT2D eigenvalue weighted by atomic mass is 9.92. The predicted octanol–water partition coefficient (Wildman–Crippen LogP) is 7.30. The molecule has 0 aliphatic heterocycles. The van der Waals surface area contributed by atoms with Crippen LogP contribution in [-0.2, 0) is 10.2 Å². The fourth-order valence-electron chi connectivity index (χ4n) is 3.60. The summed E-state index contributed by atoms with van der Waals surface area (Å²) >= 11 is 12.2. The molecule has 198 valence electrons. The summed E-state index contributed by atoms with van der Waals surface area (Å²) in [6.45, 7) is 12.6. The quantitative estimate of drug-likeness (QED) is 0.312. The number of nitrogens with zero attached hydrogens (tertiary/aromatic N) is 3. The highest BCUT2D eigenvalue weighted by Crippen LogP contribution is 2.27. The van der Waals surface area contributed by atoms with Gasteiger partial charge in [-0.15, -0.1) is 0 Å². The Balaban J connectivity index is 1.83. The van der Waals surface area contributed by atoms with Crippen molar-refractivity contribution in [3.05, 3.63) is 69.8 Å². The Labute approximate surface area is 229 Å². The molecule has 0 atom stereocenters. The number of aromatic nitrogens is 2. The van der Waals surface area contributed by atoms with Gasteiger partial charge in [-0.05, 0) is 55.2 Å². The highest BCUT2D eigenvalue weighted by molar-refractivity contribution is 6.36. The Hall–Kier alpha value is -3.03. The van der Waals surface area contributed by atoms with Crippen LogP contribution in [0, 0.1) is 12.8 Å². The highest BCUT2D eigenvalue weighted by Gasteiger charge is 2.23. The number of benzene rings is 2. The Kier molecular flexibility index (Phi) is 9.26. The van der Waals surface area contributed by atoms with E-state index >= 15 is 0 Å². The van der Waals surface area contributed by atoms with Crippen molar-refractivity contribution in [2.24, 2.45) is 5.92 Å². The van der Waals surface area contributed by atoms with Crippen molar-refractivity contribution in [3.8, 4) is 5.69 Å². The van der Waals surface area contributed by atoms with E-state index in [0.29, 0.717) is 34.0 Å². The Morgan fingerprint density at radius 2 is 1.78 bits per heavy atom. The number of amides is 3. The first-order valence-electron chi connectivity index (χ1n) is 12.3. The van der Waals surface area contributed by atoms with Crippen LogP contribution in [0.25, 0.3) is 5.69 Å². The van der Waals surface area contributed by atoms with Gasteiger partial charge in [0.1, 0.15) is 12.4 Å². The lowest BCUT2D eigenvalue weighted by molar-refractivity contribution is -0.116. The highest BCUT2D eigenvalue weighted by atomic mass is 35.5. The molecule has 37 heavy (non-hydrogen) atoms. The molecule has 3 rings (SSSR count). The third-order valence-corrected chi connectivity index (χ3v) is 6.31. The molecule has 0 bridgehead atoms. The first-order valence-corrected chi connectivity index (χ1v) is 13.1. The summed E-state index contributed by atoms with van der Waals surface area (Å²) in [5.74, 6) is 0.579. The fourth-order valence-corrected chi connectivity index (χ4v) is 4.06. The third kappa shape index (κ3) is 7.98. The topological polar surface area (TPSA) is 79.3 Å². The van der Waals surface area contributed by atoms with Crippen LogP contribution in [0.2, 0.25) is 10.0 Å². The van der Waals surface area contributed by atoms with Crippen LogP contribution in [0.5, 0.6) is 0 Å². The molecule has 2 N–H and O–H groups in total. The molecule has 0 aliphatic carbocycles. The zero-order valence-corrected chi connectivity index (χ0v) is 23.7. The summed E-state index contributed by atoms with van der Waals surface area (Å²) in [5.41, 5.74) is 2.99. The second-order valence-corrected chi connectivity index (χ2v) is 11.5. The van der Waals surface area contributed by atoms with Gasteiger partial charge in [0.2, 0.25) is 5.91 Å². The zero-order valence-electron chi connectivity index (χ0n) is 22.2. The van der Waals surface area contributed by atoms with Gasteiger partial charge < -0.3 is 15.5 Å². The van der Waals surface area contributed by atoms with E-state index in [0.717, 1.165) is 23.4 Å². The maximum atomic E-state index is 13.2. The molecule has 0 fully saturated rings. The summed E-state index contributed by atoms with van der Waals surface area (Å²) in [4.78, 5) is 27.8. The molecule has 3 aromatic rings. The molecule has 0 radical (unpaired) electrons. The van der Waals surface area contributed by atoms with Gasteiger partial charge in [0.25, 0.3) is 0 Å². The Morgan fingerprint density at radius 1 is 1.05 bits per heavy atom. The predicted molar refractivity (Wildman–Crippen MR) is 152 cm³/mol. The van der Waals surface area contributed by atoms with E-state index in [2.05, 4.69) is 45.3 Å². The second kappa shape index (κ2) is 12.0. The first kappa shape index (κ1) is 28.5. The van der Waals surface area contributed by atoms with E-state index in [1.165, 1.54) is 4.90 Å². The lowest BCUT2D eigenvalue weighted by Gasteiger charge is -2.24. The van der Waals surface area contributed by atoms with Gasteiger partial charge in [0.05, 0.1) is 22.1 Å². The number of urea groups is 1. The molecule has 7 nitrogen and oxygen atoms in total. The number of halogens is 2. The molecule has 0 saturated carbocycles. The van der Waals surface area contributed by atoms with Gasteiger partial charge in [0.15, 0.2) is 0 Å². The summed E-state index contributed by atoms with van der Waals surface area (Å²) in [6, 6.07) is 14.2. The fraction of sp³-hybridized carbons (Fsp3) is 0.393. The minimum atomic E-state index is -0.414. The van der Waals surface area contributed by atoms with Crippen LogP contribution >= 0.6 is 23.2 Å². The van der Waals surface area contributed by atoms with Crippen molar-refractivity contribution in [2.75, 3.05) is 23.7 Å². The number of nitrogens with one attached hydrogen (secondary N) is 2. The van der Waals surface area contributed by atoms with Gasteiger partial charge >= 0.3 is 6.03 Å². The molecule has 1 heterocycles. The minimum Gasteiger partial charge on any atom is -0.315 e. The van der Waals surface area contributed by atoms with Crippen molar-refractivity contribution in [3.63, 3.8) is 0 Å². The van der Waals surface area contributed by atoms with E-state index in [1.54, 1.807) is 22.9 Å². The number of hydrogen-bond acceptors (Lipinski definition) is 3. The van der Waals surface area contributed by atoms with Gasteiger partial charge in [0, 0.05) is 23.0 Å². The third-order valence-electron chi connectivity index (χ3n) is 5.76. The van der Waals surface area contributed by atoms with Crippen molar-refractivity contribution in [1.82, 2.24) is 14.7 Å². The largest absolute Gasteiger partial charge is 0.322 e. The Bertz CT molecular complexity index is 1260. The number of rotatable bonds is 8. The molecule has 0 unspecified atom stereocenters. The Morgan fingerprint density at radius 3 is 2.41 bits per heavy atom. The molecule has 0 spiro atoms. The number of carbonyl (C=O) groups is 2. The first-order chi connectivity index (χ1) is 17.3. The SMILES string of the molecule is Cc1cccc(-n2nc(C(C)(C)C)cc2NC(=O)CN(CCC(C)C)C(=O)Nc2ccc(Cl)cc2Cl)c1. The molecule has 0 saturated heterocycles. The van der Waals surface area contributed by atoms with Crippen LogP contribution in [-0.4, -0.2) is 39.7 Å². The van der Waals surface area contributed by atoms with E-state index in [4.69, 9.17) is 28.3 Å². The van der Waals surface area contributed by atoms with Gasteiger partial charge in [-0.1, -0.05) is 70.0 Å². The lowest BCUT2D eigenvalue weighted by Crippen LogP contribution is -2.41. The average Bonchev–Trinajstić information content (AvgIpc) is 3.22. The van der Waals surface area contributed by atoms with Crippen LogP contribution in [0.3, 0.4) is 0 Å². The second-order valence-electron chi connectivity index (χ2n) is 10.6. The standard InChI is InChI=1S/C28H35Cl2N5O2/c1-18(2)12-13-34(27(37)31-23-11-10-20(29)15-22(23)30)17-26(36)32-25-16-24(28(4,5)6)33-35(25)21-9-7-8-19(3)14-21/h7-11,14-16,18H,12-13,17H2,1-6H3,(H,31,37)(H,32,36). The summed E-state index contributed by atoms with van der Waals surface area (Å²) < 4.78 is 1.73. The maximum absolute atomic E-state index is 13.2. The molecular weight excluding hydrogens is 509 g/mol. The monoisotopic (exact) mass is 543 g/mol. The molecule has 3 amide bonds. The maximum Gasteiger partial charge on any atom is 0.322 e. The van der Waals surface area contributed by atoms with Crippen molar-refractivity contribution >= 4 is 46.6 Å². The van der Waals surface area contributed by atoms with E-state index in [-0.39, 0.29) is 17.9 Å². The van der Waals surface area contributed by atoms with Gasteiger partial charge in [-0.2, -0.15) is 5.10 Å². The minimum absolute atomic E-state index is 0.131. The van der Waals surface area contributed by atoms with Gasteiger partial charge in [-0.3, -0.25) is 4.79 Å². The molecule has 2 aromatic carbocycles. The van der Waals surface area contributed by atoms with Crippen molar-refractivity contribution in [1.29, 1.82) is 0 Å². The van der Waals surface area contributed by atoms with E-state index in [9.17, 15) is 9.59 Å². The zero-order chi connectivity index (χ0) is 27.3. The van der Waals surface area contributed by atoms with E-state index in [1.807, 2.05) is 37.3 Å². The molecule has 0 aliphatic rings. The number of aryl methyl sites for hydroxylation is 1. The van der Waals surface area contributed by atoms with Crippen molar-refractivity contribution in [2.45, 2.75) is 53.4 Å². The molecule has 9 heteroatoms. The van der Waals surface area contributed by atoms with Crippen LogP contribution < -0.4 is 10.6 Å². The summed E-state index contributed by atoms with van der Waals surface area (Å²) in [7, 11) is 0. The number of hydrogen-bond donors (Lipinski definition) is 2. The van der Waals surface area contributed by atoms with Crippen LogP contribution in [0.1, 0.15) is 52.3 Å². The summed E-state index contributed by atoms with van der Waals surface area (Å²) in [5, 5.41) is 11.3. The number of anilines is 2. The molecule has 1 aromatic heterocycles. The van der Waals surface area contributed by atoms with Gasteiger partial charge in [-0.25, -0.2) is 9.48 Å². The van der Waals surface area contributed by atoms with E-state index < -0.39 is 6.03 Å².